The normalized spacial score (nSPS) is 26.3. The predicted molar refractivity (Wildman–Crippen MR) is 100 cm³/mol. The molecule has 2 N–H and O–H groups in total. The van der Waals surface area contributed by atoms with Gasteiger partial charge in [-0.15, -0.1) is 10.2 Å². The van der Waals surface area contributed by atoms with E-state index in [4.69, 9.17) is 4.74 Å². The molecule has 0 amide bonds. The third-order valence-corrected chi connectivity index (χ3v) is 5.47. The topological polar surface area (TPSA) is 85.1 Å². The van der Waals surface area contributed by atoms with Crippen LogP contribution in [0.1, 0.15) is 19.3 Å². The van der Waals surface area contributed by atoms with Crippen molar-refractivity contribution >= 4 is 0 Å². The molecule has 2 aliphatic rings. The number of phenolic OH excluding ortho intramolecular Hbond substituents is 1. The third-order valence-electron chi connectivity index (χ3n) is 5.47. The van der Waals surface area contributed by atoms with Crippen LogP contribution in [0.15, 0.2) is 48.8 Å². The van der Waals surface area contributed by atoms with E-state index in [9.17, 15) is 9.50 Å². The number of hydrogen-bond donors (Lipinski definition) is 2. The highest BCUT2D eigenvalue weighted by Gasteiger charge is 2.43. The van der Waals surface area contributed by atoms with Gasteiger partial charge < -0.3 is 15.2 Å². The SMILES string of the molecule is Oc1cc(-n2cccn2)ccc1-c1ccc(O[C@H]2CC3CCC(N3)[C@H]2F)nn1. The molecule has 2 aromatic heterocycles. The number of hydrogen-bond acceptors (Lipinski definition) is 6. The molecule has 7 nitrogen and oxygen atoms in total. The van der Waals surface area contributed by atoms with Crippen molar-refractivity contribution in [2.24, 2.45) is 0 Å². The fourth-order valence-corrected chi connectivity index (χ4v) is 4.05. The maximum absolute atomic E-state index is 14.5. The number of nitrogens with zero attached hydrogens (tertiary/aromatic N) is 4. The molecule has 4 heterocycles. The number of rotatable bonds is 4. The van der Waals surface area contributed by atoms with Gasteiger partial charge in [-0.2, -0.15) is 5.10 Å². The predicted octanol–water partition coefficient (Wildman–Crippen LogP) is 2.64. The second-order valence-corrected chi connectivity index (χ2v) is 7.29. The van der Waals surface area contributed by atoms with Gasteiger partial charge in [0.1, 0.15) is 11.9 Å². The molecule has 28 heavy (non-hydrogen) atoms. The number of phenols is 1. The van der Waals surface area contributed by atoms with Gasteiger partial charge in [-0.3, -0.25) is 0 Å². The number of aromatic hydroxyl groups is 1. The van der Waals surface area contributed by atoms with E-state index in [1.165, 1.54) is 0 Å². The molecule has 0 saturated carbocycles. The Morgan fingerprint density at radius 2 is 2.11 bits per heavy atom. The smallest absolute Gasteiger partial charge is 0.233 e. The highest BCUT2D eigenvalue weighted by molar-refractivity contribution is 5.68. The van der Waals surface area contributed by atoms with Crippen LogP contribution in [0.4, 0.5) is 4.39 Å². The second kappa shape index (κ2) is 6.87. The van der Waals surface area contributed by atoms with Crippen molar-refractivity contribution in [1.82, 2.24) is 25.3 Å². The molecule has 2 bridgehead atoms. The first-order chi connectivity index (χ1) is 13.7. The standard InChI is InChI=1S/C20H20FN5O2/c21-20-16-5-2-12(23-16)10-18(20)28-19-7-6-15(24-25-19)14-4-3-13(11-17(14)27)26-9-1-8-22-26/h1,3-4,6-9,11-12,16,18,20,23,27H,2,5,10H2/t12?,16?,18-,20+/m0/s1. The Labute approximate surface area is 161 Å². The number of benzene rings is 1. The fraction of sp³-hybridized carbons (Fsp3) is 0.350. The van der Waals surface area contributed by atoms with E-state index >= 15 is 0 Å². The monoisotopic (exact) mass is 381 g/mol. The lowest BCUT2D eigenvalue weighted by Crippen LogP contribution is -2.51. The van der Waals surface area contributed by atoms with Gasteiger partial charge in [-0.25, -0.2) is 9.07 Å². The molecule has 144 valence electrons. The fourth-order valence-electron chi connectivity index (χ4n) is 4.05. The average molecular weight is 381 g/mol. The van der Waals surface area contributed by atoms with Gasteiger partial charge in [-0.1, -0.05) is 0 Å². The van der Waals surface area contributed by atoms with Crippen molar-refractivity contribution in [3.05, 3.63) is 48.8 Å². The maximum atomic E-state index is 14.5. The first-order valence-electron chi connectivity index (χ1n) is 9.41. The number of alkyl halides is 1. The van der Waals surface area contributed by atoms with Crippen molar-refractivity contribution in [1.29, 1.82) is 0 Å². The second-order valence-electron chi connectivity index (χ2n) is 7.29. The quantitative estimate of drug-likeness (QED) is 0.723. The summed E-state index contributed by atoms with van der Waals surface area (Å²) in [6, 6.07) is 10.6. The van der Waals surface area contributed by atoms with Crippen LogP contribution in [0.2, 0.25) is 0 Å². The molecule has 0 aliphatic carbocycles. The summed E-state index contributed by atoms with van der Waals surface area (Å²) >= 11 is 0. The van der Waals surface area contributed by atoms with Gasteiger partial charge in [0.15, 0.2) is 6.17 Å². The maximum Gasteiger partial charge on any atom is 0.233 e. The lowest BCUT2D eigenvalue weighted by atomic mass is 10.0. The van der Waals surface area contributed by atoms with Crippen LogP contribution in [0.3, 0.4) is 0 Å². The van der Waals surface area contributed by atoms with Crippen LogP contribution in [-0.2, 0) is 0 Å². The van der Waals surface area contributed by atoms with Gasteiger partial charge in [0, 0.05) is 48.6 Å². The van der Waals surface area contributed by atoms with Crippen molar-refractivity contribution in [2.75, 3.05) is 0 Å². The van der Waals surface area contributed by atoms with E-state index in [0.29, 0.717) is 29.6 Å². The summed E-state index contributed by atoms with van der Waals surface area (Å²) in [6.07, 6.45) is 4.40. The van der Waals surface area contributed by atoms with Crippen LogP contribution < -0.4 is 10.1 Å². The molecule has 2 saturated heterocycles. The summed E-state index contributed by atoms with van der Waals surface area (Å²) in [5, 5.41) is 26.0. The van der Waals surface area contributed by atoms with E-state index in [0.717, 1.165) is 18.5 Å². The molecule has 8 heteroatoms. The molecule has 1 aromatic carbocycles. The molecule has 2 aliphatic heterocycles. The molecule has 2 fully saturated rings. The Bertz CT molecular complexity index is 963. The summed E-state index contributed by atoms with van der Waals surface area (Å²) in [6.45, 7) is 0. The largest absolute Gasteiger partial charge is 0.507 e. The third kappa shape index (κ3) is 3.09. The molecular formula is C20H20FN5O2. The zero-order valence-electron chi connectivity index (χ0n) is 15.1. The number of nitrogens with one attached hydrogen (secondary N) is 1. The van der Waals surface area contributed by atoms with Crippen LogP contribution in [0.5, 0.6) is 11.6 Å². The minimum absolute atomic E-state index is 0.0784. The van der Waals surface area contributed by atoms with Crippen LogP contribution in [-0.4, -0.2) is 49.4 Å². The van der Waals surface area contributed by atoms with E-state index in [-0.39, 0.29) is 11.8 Å². The minimum atomic E-state index is -1.04. The van der Waals surface area contributed by atoms with Crippen molar-refractivity contribution in [3.8, 4) is 28.6 Å². The lowest BCUT2D eigenvalue weighted by Gasteiger charge is -2.32. The summed E-state index contributed by atoms with van der Waals surface area (Å²) < 4.78 is 21.9. The summed E-state index contributed by atoms with van der Waals surface area (Å²) in [5.41, 5.74) is 1.81. The minimum Gasteiger partial charge on any atom is -0.507 e. The van der Waals surface area contributed by atoms with Crippen molar-refractivity contribution < 1.29 is 14.2 Å². The Morgan fingerprint density at radius 1 is 1.18 bits per heavy atom. The number of ether oxygens (including phenoxy) is 1. The summed E-state index contributed by atoms with van der Waals surface area (Å²) in [5.74, 6) is 0.375. The highest BCUT2D eigenvalue weighted by Crippen LogP contribution is 2.33. The number of fused-ring (bicyclic) bond motifs is 2. The first-order valence-corrected chi connectivity index (χ1v) is 9.41. The number of aromatic nitrogens is 4. The van der Waals surface area contributed by atoms with Gasteiger partial charge in [-0.05, 0) is 37.1 Å². The molecule has 3 aromatic rings. The lowest BCUT2D eigenvalue weighted by molar-refractivity contribution is 0.0422. The summed E-state index contributed by atoms with van der Waals surface area (Å²) in [7, 11) is 0. The highest BCUT2D eigenvalue weighted by atomic mass is 19.1. The van der Waals surface area contributed by atoms with Crippen molar-refractivity contribution in [2.45, 2.75) is 43.6 Å². The molecule has 5 rings (SSSR count). The first kappa shape index (κ1) is 17.1. The van der Waals surface area contributed by atoms with Crippen LogP contribution in [0.25, 0.3) is 16.9 Å². The van der Waals surface area contributed by atoms with Gasteiger partial charge in [0.2, 0.25) is 5.88 Å². The molecule has 2 unspecified atom stereocenters. The molecule has 4 atom stereocenters. The van der Waals surface area contributed by atoms with E-state index in [1.807, 2.05) is 12.1 Å². The average Bonchev–Trinajstić information content (AvgIpc) is 3.37. The van der Waals surface area contributed by atoms with Gasteiger partial charge in [0.25, 0.3) is 0 Å². The zero-order chi connectivity index (χ0) is 19.1. The number of piperidine rings is 1. The summed E-state index contributed by atoms with van der Waals surface area (Å²) in [4.78, 5) is 0. The van der Waals surface area contributed by atoms with E-state index in [2.05, 4.69) is 20.6 Å². The molecular weight excluding hydrogens is 361 g/mol. The van der Waals surface area contributed by atoms with E-state index < -0.39 is 12.3 Å². The Balaban J connectivity index is 1.32. The van der Waals surface area contributed by atoms with Crippen LogP contribution in [0, 0.1) is 0 Å². The van der Waals surface area contributed by atoms with Crippen molar-refractivity contribution in [3.63, 3.8) is 0 Å². The Kier molecular flexibility index (Phi) is 4.20. The Hall–Kier alpha value is -3.00. The van der Waals surface area contributed by atoms with E-state index in [1.54, 1.807) is 41.3 Å². The van der Waals surface area contributed by atoms with Gasteiger partial charge in [0.05, 0.1) is 11.4 Å². The molecule has 0 radical (unpaired) electrons. The Morgan fingerprint density at radius 3 is 2.86 bits per heavy atom. The van der Waals surface area contributed by atoms with Gasteiger partial charge >= 0.3 is 0 Å². The molecule has 0 spiro atoms. The number of halogens is 1. The van der Waals surface area contributed by atoms with Crippen LogP contribution >= 0.6 is 0 Å². The zero-order valence-corrected chi connectivity index (χ0v) is 15.1.